The van der Waals surface area contributed by atoms with Crippen LogP contribution in [0.1, 0.15) is 83.8 Å². The first kappa shape index (κ1) is 37.6. The van der Waals surface area contributed by atoms with Crippen LogP contribution in [0.25, 0.3) is 0 Å². The molecule has 3 rings (SSSR count). The summed E-state index contributed by atoms with van der Waals surface area (Å²) < 4.78 is 0. The number of amidine groups is 1. The van der Waals surface area contributed by atoms with Gasteiger partial charge < -0.3 is 14.7 Å². The van der Waals surface area contributed by atoms with E-state index in [0.29, 0.717) is 13.1 Å². The highest BCUT2D eigenvalue weighted by Crippen LogP contribution is 2.19. The summed E-state index contributed by atoms with van der Waals surface area (Å²) in [7, 11) is 0. The van der Waals surface area contributed by atoms with Gasteiger partial charge in [-0.05, 0) is 76.0 Å². The minimum atomic E-state index is 0.119. The highest BCUT2D eigenvalue weighted by molar-refractivity contribution is 5.98. The number of piperazine rings is 2. The summed E-state index contributed by atoms with van der Waals surface area (Å²) in [6.07, 6.45) is 5.81. The molecule has 0 unspecified atom stereocenters. The number of benzene rings is 1. The van der Waals surface area contributed by atoms with Gasteiger partial charge in [0.25, 0.3) is 5.91 Å². The number of allylic oxidation sites excluding steroid dienone is 3. The van der Waals surface area contributed by atoms with Gasteiger partial charge in [-0.25, -0.2) is 9.98 Å². The topological polar surface area (TPSA) is 54.8 Å². The first-order chi connectivity index (χ1) is 20.6. The lowest BCUT2D eigenvalue weighted by Crippen LogP contribution is -2.48. The molecule has 43 heavy (non-hydrogen) atoms. The van der Waals surface area contributed by atoms with Gasteiger partial charge >= 0.3 is 0 Å². The maximum Gasteiger partial charge on any atom is 0.254 e. The van der Waals surface area contributed by atoms with E-state index in [1.807, 2.05) is 92.5 Å². The van der Waals surface area contributed by atoms with Crippen molar-refractivity contribution in [2.75, 3.05) is 52.4 Å². The lowest BCUT2D eigenvalue weighted by molar-refractivity contribution is 0.0667. The Balaban J connectivity index is 0.00000221. The third kappa shape index (κ3) is 11.3. The molecule has 0 bridgehead atoms. The SMILES string of the molecule is C=C(C)C(=N/C=C\C)N1CCN(Cc2ccc(C)c(C(=O)N3CCN(C(=C/C)/N=C(/C)C(=C)C)CC3)c2)CC1.CC.CC. The lowest BCUT2D eigenvalue weighted by atomic mass is 10.0. The number of aliphatic imine (C=N–C) groups is 2. The predicted molar refractivity (Wildman–Crippen MR) is 187 cm³/mol. The van der Waals surface area contributed by atoms with Crippen molar-refractivity contribution >= 4 is 17.5 Å². The Morgan fingerprint density at radius 3 is 1.91 bits per heavy atom. The third-order valence-corrected chi connectivity index (χ3v) is 7.39. The number of carbonyl (C=O) groups is 1. The van der Waals surface area contributed by atoms with Crippen molar-refractivity contribution in [2.24, 2.45) is 9.98 Å². The van der Waals surface area contributed by atoms with E-state index in [1.54, 1.807) is 0 Å². The largest absolute Gasteiger partial charge is 0.354 e. The number of hydrogen-bond donors (Lipinski definition) is 0. The van der Waals surface area contributed by atoms with E-state index < -0.39 is 0 Å². The molecule has 2 aliphatic heterocycles. The molecule has 0 N–H and O–H groups in total. The summed E-state index contributed by atoms with van der Waals surface area (Å²) in [5, 5.41) is 0. The van der Waals surface area contributed by atoms with Gasteiger partial charge in [0.15, 0.2) is 0 Å². The molecule has 0 spiro atoms. The third-order valence-electron chi connectivity index (χ3n) is 7.39. The van der Waals surface area contributed by atoms with Crippen LogP contribution in [0, 0.1) is 6.92 Å². The van der Waals surface area contributed by atoms with Crippen molar-refractivity contribution in [3.8, 4) is 0 Å². The standard InChI is InChI=1S/C32H46N6O.2C2H6/c1-9-13-33-31(25(5)6)37-16-14-35(15-17-37)23-28-12-11-26(7)29(22-28)32(39)38-20-18-36(19-21-38)30(10-2)34-27(8)24(3)4;2*1-2/h9-13,22H,3,5,14-21,23H2,1-2,4,6-8H3;2*1-2H3/b13-9-,30-10+,33-31?,34-27-;;. The second-order valence-corrected chi connectivity index (χ2v) is 10.5. The molecule has 1 aromatic carbocycles. The normalized spacial score (nSPS) is 16.8. The van der Waals surface area contributed by atoms with Crippen molar-refractivity contribution in [1.29, 1.82) is 0 Å². The van der Waals surface area contributed by atoms with Crippen LogP contribution in [0.5, 0.6) is 0 Å². The number of amides is 1. The van der Waals surface area contributed by atoms with Crippen LogP contribution in [0.2, 0.25) is 0 Å². The van der Waals surface area contributed by atoms with Crippen molar-refractivity contribution < 1.29 is 4.79 Å². The van der Waals surface area contributed by atoms with Gasteiger partial charge in [0.1, 0.15) is 11.7 Å². The van der Waals surface area contributed by atoms with Crippen LogP contribution in [0.3, 0.4) is 0 Å². The molecule has 0 aromatic heterocycles. The molecule has 0 aliphatic carbocycles. The summed E-state index contributed by atoms with van der Waals surface area (Å²) in [6.45, 7) is 35.5. The lowest BCUT2D eigenvalue weighted by Gasteiger charge is -2.37. The highest BCUT2D eigenvalue weighted by atomic mass is 16.2. The average Bonchev–Trinajstić information content (AvgIpc) is 3.03. The molecular weight excluding hydrogens is 532 g/mol. The van der Waals surface area contributed by atoms with Gasteiger partial charge in [-0.2, -0.15) is 0 Å². The van der Waals surface area contributed by atoms with Gasteiger partial charge in [0, 0.05) is 76.4 Å². The molecular formula is C36H58N6O. The molecule has 7 nitrogen and oxygen atoms in total. The van der Waals surface area contributed by atoms with Crippen LogP contribution in [-0.4, -0.2) is 89.4 Å². The number of hydrogen-bond acceptors (Lipinski definition) is 5. The van der Waals surface area contributed by atoms with Crippen LogP contribution >= 0.6 is 0 Å². The second kappa shape index (κ2) is 19.7. The van der Waals surface area contributed by atoms with Gasteiger partial charge in [0.05, 0.1) is 0 Å². The van der Waals surface area contributed by atoms with Crippen molar-refractivity contribution in [1.82, 2.24) is 19.6 Å². The van der Waals surface area contributed by atoms with Crippen LogP contribution in [0.4, 0.5) is 0 Å². The molecule has 2 fully saturated rings. The summed E-state index contributed by atoms with van der Waals surface area (Å²) >= 11 is 0. The average molecular weight is 591 g/mol. The van der Waals surface area contributed by atoms with Gasteiger partial charge in [0.2, 0.25) is 0 Å². The van der Waals surface area contributed by atoms with Crippen LogP contribution in [-0.2, 0) is 6.54 Å². The number of nitrogens with zero attached hydrogens (tertiary/aromatic N) is 6. The molecule has 0 radical (unpaired) electrons. The van der Waals surface area contributed by atoms with E-state index in [-0.39, 0.29) is 5.91 Å². The number of rotatable bonds is 8. The first-order valence-corrected chi connectivity index (χ1v) is 16.0. The molecule has 1 amide bonds. The molecule has 2 heterocycles. The fourth-order valence-corrected chi connectivity index (χ4v) is 4.87. The second-order valence-electron chi connectivity index (χ2n) is 10.5. The van der Waals surface area contributed by atoms with Gasteiger partial charge in [-0.1, -0.05) is 59.1 Å². The molecule has 2 saturated heterocycles. The van der Waals surface area contributed by atoms with E-state index in [1.165, 1.54) is 5.56 Å². The maximum atomic E-state index is 13.6. The van der Waals surface area contributed by atoms with E-state index >= 15 is 0 Å². The summed E-state index contributed by atoms with van der Waals surface area (Å²) in [6, 6.07) is 6.34. The predicted octanol–water partition coefficient (Wildman–Crippen LogP) is 7.33. The Morgan fingerprint density at radius 2 is 1.40 bits per heavy atom. The maximum absolute atomic E-state index is 13.6. The molecule has 0 atom stereocenters. The Labute approximate surface area is 263 Å². The highest BCUT2D eigenvalue weighted by Gasteiger charge is 2.25. The Hall–Kier alpha value is -3.45. The zero-order chi connectivity index (χ0) is 32.5. The number of carbonyl (C=O) groups excluding carboxylic acids is 1. The Morgan fingerprint density at radius 1 is 0.837 bits per heavy atom. The zero-order valence-corrected chi connectivity index (χ0v) is 28.8. The molecule has 2 aliphatic rings. The van der Waals surface area contributed by atoms with Gasteiger partial charge in [-0.15, -0.1) is 0 Å². The summed E-state index contributed by atoms with van der Waals surface area (Å²) in [5.74, 6) is 2.04. The Bertz CT molecular complexity index is 1180. The minimum Gasteiger partial charge on any atom is -0.354 e. The van der Waals surface area contributed by atoms with E-state index in [9.17, 15) is 4.79 Å². The van der Waals surface area contributed by atoms with Crippen LogP contribution < -0.4 is 0 Å². The monoisotopic (exact) mass is 590 g/mol. The summed E-state index contributed by atoms with van der Waals surface area (Å²) in [4.78, 5) is 31.9. The molecule has 238 valence electrons. The smallest absolute Gasteiger partial charge is 0.254 e. The molecule has 0 saturated carbocycles. The van der Waals surface area contributed by atoms with E-state index in [4.69, 9.17) is 4.99 Å². The fraction of sp³-hybridized carbons (Fsp3) is 0.528. The van der Waals surface area contributed by atoms with Crippen molar-refractivity contribution in [2.45, 2.75) is 75.8 Å². The molecule has 7 heteroatoms. The fourth-order valence-electron chi connectivity index (χ4n) is 4.87. The van der Waals surface area contributed by atoms with Crippen molar-refractivity contribution in [3.63, 3.8) is 0 Å². The van der Waals surface area contributed by atoms with Crippen molar-refractivity contribution in [3.05, 3.63) is 83.4 Å². The number of aryl methyl sites for hydroxylation is 1. The zero-order valence-electron chi connectivity index (χ0n) is 28.8. The quantitative estimate of drug-likeness (QED) is 0.235. The van der Waals surface area contributed by atoms with E-state index in [2.05, 4.69) is 51.0 Å². The van der Waals surface area contributed by atoms with E-state index in [0.717, 1.165) is 85.5 Å². The van der Waals surface area contributed by atoms with Gasteiger partial charge in [-0.3, -0.25) is 9.69 Å². The van der Waals surface area contributed by atoms with Crippen LogP contribution in [0.15, 0.2) is 76.7 Å². The first-order valence-electron chi connectivity index (χ1n) is 16.0. The summed E-state index contributed by atoms with van der Waals surface area (Å²) in [5.41, 5.74) is 5.91. The minimum absolute atomic E-state index is 0.119. The Kier molecular flexibility index (Phi) is 17.2. The molecule has 1 aromatic rings.